The zero-order valence-electron chi connectivity index (χ0n) is 12.5. The number of amides is 1. The normalized spacial score (nSPS) is 24.2. The van der Waals surface area contributed by atoms with E-state index in [2.05, 4.69) is 17.3 Å². The van der Waals surface area contributed by atoms with E-state index in [9.17, 15) is 14.7 Å². The maximum absolute atomic E-state index is 12.5. The van der Waals surface area contributed by atoms with Crippen molar-refractivity contribution in [3.63, 3.8) is 0 Å². The van der Waals surface area contributed by atoms with Gasteiger partial charge in [-0.2, -0.15) is 5.10 Å². The summed E-state index contributed by atoms with van der Waals surface area (Å²) in [7, 11) is 0. The fourth-order valence-electron chi connectivity index (χ4n) is 3.44. The van der Waals surface area contributed by atoms with Gasteiger partial charge in [0.05, 0.1) is 0 Å². The molecule has 118 valence electrons. The summed E-state index contributed by atoms with van der Waals surface area (Å²) in [6.45, 7) is 0.955. The lowest BCUT2D eigenvalue weighted by Gasteiger charge is -2.40. The predicted molar refractivity (Wildman–Crippen MR) is 80.1 cm³/mol. The maximum atomic E-state index is 12.5. The Morgan fingerprint density at radius 3 is 2.55 bits per heavy atom. The van der Waals surface area contributed by atoms with Gasteiger partial charge >= 0.3 is 5.97 Å². The van der Waals surface area contributed by atoms with Crippen LogP contribution in [-0.4, -0.2) is 44.8 Å². The van der Waals surface area contributed by atoms with Crippen LogP contribution < -0.4 is 0 Å². The Morgan fingerprint density at radius 2 is 2.00 bits per heavy atom. The Kier molecular flexibility index (Phi) is 4.00. The van der Waals surface area contributed by atoms with Crippen LogP contribution in [0.1, 0.15) is 32.1 Å². The molecule has 1 aliphatic carbocycles. The van der Waals surface area contributed by atoms with Crippen LogP contribution in [0.4, 0.5) is 0 Å². The van der Waals surface area contributed by atoms with Crippen molar-refractivity contribution in [1.29, 1.82) is 0 Å². The smallest absolute Gasteiger partial charge is 0.331 e. The molecule has 1 atom stereocenters. The molecule has 0 saturated carbocycles. The standard InChI is InChI=1S/C16H21N3O3/c20-14(13-5-2-1-3-6-13)18-11-7-16(8-12-18,15(21)22)19-10-4-9-17-19/h1-2,4,9-10,13H,3,5-8,11-12H2,(H,21,22). The van der Waals surface area contributed by atoms with Crippen molar-refractivity contribution in [2.24, 2.45) is 5.92 Å². The summed E-state index contributed by atoms with van der Waals surface area (Å²) in [4.78, 5) is 26.2. The van der Waals surface area contributed by atoms with E-state index in [4.69, 9.17) is 0 Å². The van der Waals surface area contributed by atoms with Crippen LogP contribution in [0.25, 0.3) is 0 Å². The monoisotopic (exact) mass is 303 g/mol. The van der Waals surface area contributed by atoms with E-state index in [-0.39, 0.29) is 11.8 Å². The summed E-state index contributed by atoms with van der Waals surface area (Å²) in [5.41, 5.74) is -1.02. The largest absolute Gasteiger partial charge is 0.479 e. The van der Waals surface area contributed by atoms with Crippen LogP contribution in [0.3, 0.4) is 0 Å². The minimum absolute atomic E-state index is 0.0621. The third kappa shape index (κ3) is 2.53. The third-order valence-corrected chi connectivity index (χ3v) is 4.86. The topological polar surface area (TPSA) is 75.4 Å². The summed E-state index contributed by atoms with van der Waals surface area (Å²) in [6.07, 6.45) is 10.9. The molecule has 3 rings (SSSR count). The molecule has 0 bridgehead atoms. The Hall–Kier alpha value is -2.11. The number of nitrogens with zero attached hydrogens (tertiary/aromatic N) is 3. The number of rotatable bonds is 3. The van der Waals surface area contributed by atoms with Crippen LogP contribution in [0, 0.1) is 5.92 Å². The van der Waals surface area contributed by atoms with Crippen LogP contribution in [0.5, 0.6) is 0 Å². The Bertz CT molecular complexity index is 571. The van der Waals surface area contributed by atoms with E-state index in [1.165, 1.54) is 4.68 Å². The first-order valence-electron chi connectivity index (χ1n) is 7.81. The van der Waals surface area contributed by atoms with Crippen LogP contribution in [0.2, 0.25) is 0 Å². The molecule has 1 fully saturated rings. The van der Waals surface area contributed by atoms with Gasteiger partial charge in [-0.1, -0.05) is 12.2 Å². The summed E-state index contributed by atoms with van der Waals surface area (Å²) >= 11 is 0. The minimum Gasteiger partial charge on any atom is -0.479 e. The number of carboxylic acids is 1. The van der Waals surface area contributed by atoms with Gasteiger partial charge in [-0.05, 0) is 25.3 Å². The lowest BCUT2D eigenvalue weighted by atomic mass is 9.86. The number of aliphatic carboxylic acids is 1. The highest BCUT2D eigenvalue weighted by Crippen LogP contribution is 2.31. The third-order valence-electron chi connectivity index (χ3n) is 4.86. The summed E-state index contributed by atoms with van der Waals surface area (Å²) in [5, 5.41) is 13.8. The highest BCUT2D eigenvalue weighted by Gasteiger charge is 2.45. The van der Waals surface area contributed by atoms with Gasteiger partial charge in [-0.15, -0.1) is 0 Å². The number of carbonyl (C=O) groups excluding carboxylic acids is 1. The Morgan fingerprint density at radius 1 is 1.23 bits per heavy atom. The van der Waals surface area contributed by atoms with E-state index < -0.39 is 11.5 Å². The highest BCUT2D eigenvalue weighted by atomic mass is 16.4. The number of carboxylic acid groups (broad SMARTS) is 1. The molecule has 2 heterocycles. The van der Waals surface area contributed by atoms with Crippen molar-refractivity contribution in [3.8, 4) is 0 Å². The molecule has 1 saturated heterocycles. The number of carbonyl (C=O) groups is 2. The second kappa shape index (κ2) is 5.94. The molecule has 0 aromatic carbocycles. The molecular formula is C16H21N3O3. The van der Waals surface area contributed by atoms with Crippen molar-refractivity contribution >= 4 is 11.9 Å². The molecule has 6 heteroatoms. The average molecular weight is 303 g/mol. The Balaban J connectivity index is 1.69. The molecule has 1 N–H and O–H groups in total. The average Bonchev–Trinajstić information content (AvgIpc) is 3.10. The van der Waals surface area contributed by atoms with Gasteiger partial charge in [0, 0.05) is 44.2 Å². The first-order valence-corrected chi connectivity index (χ1v) is 7.81. The summed E-state index contributed by atoms with van der Waals surface area (Å²) in [5.74, 6) is -0.639. The number of allylic oxidation sites excluding steroid dienone is 2. The molecule has 0 radical (unpaired) electrons. The van der Waals surface area contributed by atoms with Gasteiger partial charge in [0.25, 0.3) is 0 Å². The van der Waals surface area contributed by atoms with Crippen molar-refractivity contribution in [3.05, 3.63) is 30.6 Å². The zero-order valence-corrected chi connectivity index (χ0v) is 12.5. The molecule has 1 aromatic heterocycles. The Labute approximate surface area is 129 Å². The molecule has 22 heavy (non-hydrogen) atoms. The lowest BCUT2D eigenvalue weighted by Crippen LogP contribution is -2.53. The van der Waals surface area contributed by atoms with Crippen LogP contribution in [0.15, 0.2) is 30.6 Å². The van der Waals surface area contributed by atoms with Crippen molar-refractivity contribution in [2.45, 2.75) is 37.6 Å². The fourth-order valence-corrected chi connectivity index (χ4v) is 3.44. The van der Waals surface area contributed by atoms with Crippen LogP contribution >= 0.6 is 0 Å². The molecular weight excluding hydrogens is 282 g/mol. The number of hydrogen-bond donors (Lipinski definition) is 1. The lowest BCUT2D eigenvalue weighted by molar-refractivity contribution is -0.154. The number of piperidine rings is 1. The predicted octanol–water partition coefficient (Wildman–Crippen LogP) is 1.64. The number of hydrogen-bond acceptors (Lipinski definition) is 3. The highest BCUT2D eigenvalue weighted by molar-refractivity contribution is 5.81. The number of aromatic nitrogens is 2. The maximum Gasteiger partial charge on any atom is 0.331 e. The van der Waals surface area contributed by atoms with Crippen molar-refractivity contribution in [1.82, 2.24) is 14.7 Å². The van der Waals surface area contributed by atoms with Crippen LogP contribution in [-0.2, 0) is 15.1 Å². The van der Waals surface area contributed by atoms with E-state index >= 15 is 0 Å². The molecule has 1 amide bonds. The van der Waals surface area contributed by atoms with Gasteiger partial charge in [-0.25, -0.2) is 4.79 Å². The van der Waals surface area contributed by atoms with E-state index in [0.29, 0.717) is 25.9 Å². The molecule has 0 spiro atoms. The van der Waals surface area contributed by atoms with Gasteiger partial charge in [0.2, 0.25) is 5.91 Å². The molecule has 6 nitrogen and oxygen atoms in total. The van der Waals surface area contributed by atoms with E-state index in [1.54, 1.807) is 18.5 Å². The first-order chi connectivity index (χ1) is 10.6. The summed E-state index contributed by atoms with van der Waals surface area (Å²) < 4.78 is 1.53. The molecule has 2 aliphatic rings. The fraction of sp³-hybridized carbons (Fsp3) is 0.562. The van der Waals surface area contributed by atoms with Crippen molar-refractivity contribution < 1.29 is 14.7 Å². The minimum atomic E-state index is -1.02. The van der Waals surface area contributed by atoms with Gasteiger partial charge in [-0.3, -0.25) is 9.48 Å². The van der Waals surface area contributed by atoms with Gasteiger partial charge < -0.3 is 10.0 Å². The molecule has 1 unspecified atom stereocenters. The SMILES string of the molecule is O=C(C1CC=CCC1)N1CCC(C(=O)O)(n2cccn2)CC1. The van der Waals surface area contributed by atoms with E-state index in [0.717, 1.165) is 19.3 Å². The number of likely N-dealkylation sites (tertiary alicyclic amines) is 1. The van der Waals surface area contributed by atoms with Crippen molar-refractivity contribution in [2.75, 3.05) is 13.1 Å². The first kappa shape index (κ1) is 14.8. The quantitative estimate of drug-likeness (QED) is 0.861. The van der Waals surface area contributed by atoms with E-state index in [1.807, 2.05) is 4.90 Å². The zero-order chi connectivity index (χ0) is 15.6. The second-order valence-electron chi connectivity index (χ2n) is 6.09. The summed E-state index contributed by atoms with van der Waals surface area (Å²) in [6, 6.07) is 1.73. The van der Waals surface area contributed by atoms with Gasteiger partial charge in [0.1, 0.15) is 0 Å². The molecule has 1 aromatic rings. The second-order valence-corrected chi connectivity index (χ2v) is 6.09. The molecule has 1 aliphatic heterocycles. The van der Waals surface area contributed by atoms with Gasteiger partial charge in [0.15, 0.2) is 5.54 Å².